The highest BCUT2D eigenvalue weighted by atomic mass is 35.5. The Bertz CT molecular complexity index is 441. The lowest BCUT2D eigenvalue weighted by Crippen LogP contribution is -2.22. The van der Waals surface area contributed by atoms with Crippen molar-refractivity contribution in [2.24, 2.45) is 0 Å². The molecule has 0 saturated heterocycles. The molecule has 0 spiro atoms. The van der Waals surface area contributed by atoms with Gasteiger partial charge >= 0.3 is 0 Å². The van der Waals surface area contributed by atoms with Gasteiger partial charge in [-0.05, 0) is 30.1 Å². The van der Waals surface area contributed by atoms with Crippen LogP contribution in [0.15, 0.2) is 35.8 Å². The Morgan fingerprint density at radius 2 is 2.31 bits per heavy atom. The number of aromatic nitrogens is 1. The lowest BCUT2D eigenvalue weighted by Gasteiger charge is -2.16. The molecule has 2 aromatic rings. The smallest absolute Gasteiger partial charge is 0.0859 e. The Hall–Kier alpha value is -0.900. The molecule has 1 N–H and O–H groups in total. The molecule has 0 aliphatic rings. The summed E-state index contributed by atoms with van der Waals surface area (Å²) >= 11 is 7.82. The van der Waals surface area contributed by atoms with Crippen LogP contribution in [0.1, 0.15) is 23.5 Å². The molecule has 1 unspecified atom stereocenters. The maximum atomic E-state index is 6.16. The van der Waals surface area contributed by atoms with Crippen molar-refractivity contribution >= 4 is 22.9 Å². The third kappa shape index (κ3) is 2.43. The normalized spacial score (nSPS) is 12.6. The van der Waals surface area contributed by atoms with Crippen molar-refractivity contribution in [1.29, 1.82) is 0 Å². The van der Waals surface area contributed by atoms with Gasteiger partial charge in [-0.2, -0.15) is 0 Å². The van der Waals surface area contributed by atoms with E-state index in [0.29, 0.717) is 0 Å². The molecule has 0 radical (unpaired) electrons. The van der Waals surface area contributed by atoms with Crippen molar-refractivity contribution in [2.45, 2.75) is 13.0 Å². The number of nitrogens with zero attached hydrogens (tertiary/aromatic N) is 1. The fraction of sp³-hybridized carbons (Fsp3) is 0.250. The molecule has 0 saturated carbocycles. The predicted octanol–water partition coefficient (Wildman–Crippen LogP) is 3.50. The van der Waals surface area contributed by atoms with E-state index in [0.717, 1.165) is 22.1 Å². The first-order chi connectivity index (χ1) is 7.83. The van der Waals surface area contributed by atoms with Gasteiger partial charge in [-0.15, -0.1) is 11.3 Å². The SMILES string of the molecule is CCNC(c1ccccn1)c1sccc1Cl. The van der Waals surface area contributed by atoms with Crippen molar-refractivity contribution in [3.05, 3.63) is 51.4 Å². The van der Waals surface area contributed by atoms with E-state index in [-0.39, 0.29) is 6.04 Å². The molecule has 84 valence electrons. The maximum absolute atomic E-state index is 6.16. The zero-order chi connectivity index (χ0) is 11.4. The first-order valence-electron chi connectivity index (χ1n) is 5.20. The summed E-state index contributed by atoms with van der Waals surface area (Å²) in [6.07, 6.45) is 1.81. The molecule has 2 aromatic heterocycles. The van der Waals surface area contributed by atoms with Crippen molar-refractivity contribution in [3.8, 4) is 0 Å². The van der Waals surface area contributed by atoms with Gasteiger partial charge in [0.25, 0.3) is 0 Å². The minimum absolute atomic E-state index is 0.0960. The number of thiophene rings is 1. The Balaban J connectivity index is 2.35. The van der Waals surface area contributed by atoms with E-state index in [4.69, 9.17) is 11.6 Å². The molecular weight excluding hydrogens is 240 g/mol. The third-order valence-electron chi connectivity index (χ3n) is 2.30. The van der Waals surface area contributed by atoms with E-state index < -0.39 is 0 Å². The van der Waals surface area contributed by atoms with E-state index in [2.05, 4.69) is 17.2 Å². The first kappa shape index (κ1) is 11.6. The number of halogens is 1. The van der Waals surface area contributed by atoms with E-state index in [1.807, 2.05) is 29.6 Å². The van der Waals surface area contributed by atoms with E-state index in [9.17, 15) is 0 Å². The van der Waals surface area contributed by atoms with Gasteiger partial charge in [0.05, 0.1) is 16.8 Å². The van der Waals surface area contributed by atoms with Crippen LogP contribution >= 0.6 is 22.9 Å². The van der Waals surface area contributed by atoms with E-state index >= 15 is 0 Å². The van der Waals surface area contributed by atoms with Crippen LogP contribution in [0.25, 0.3) is 0 Å². The van der Waals surface area contributed by atoms with Crippen LogP contribution in [0.4, 0.5) is 0 Å². The van der Waals surface area contributed by atoms with Crippen molar-refractivity contribution in [2.75, 3.05) is 6.54 Å². The lowest BCUT2D eigenvalue weighted by atomic mass is 10.1. The minimum atomic E-state index is 0.0960. The first-order valence-corrected chi connectivity index (χ1v) is 6.46. The summed E-state index contributed by atoms with van der Waals surface area (Å²) in [5.41, 5.74) is 1.01. The van der Waals surface area contributed by atoms with Gasteiger partial charge in [-0.1, -0.05) is 24.6 Å². The number of pyridine rings is 1. The Morgan fingerprint density at radius 1 is 1.44 bits per heavy atom. The fourth-order valence-electron chi connectivity index (χ4n) is 1.59. The van der Waals surface area contributed by atoms with Gasteiger partial charge in [0.2, 0.25) is 0 Å². The quantitative estimate of drug-likeness (QED) is 0.901. The monoisotopic (exact) mass is 252 g/mol. The second-order valence-electron chi connectivity index (χ2n) is 3.38. The standard InChI is InChI=1S/C12H13ClN2S/c1-2-14-11(10-5-3-4-7-15-10)12-9(13)6-8-16-12/h3-8,11,14H,2H2,1H3. The van der Waals surface area contributed by atoms with Crippen LogP contribution in [0.3, 0.4) is 0 Å². The summed E-state index contributed by atoms with van der Waals surface area (Å²) in [7, 11) is 0. The van der Waals surface area contributed by atoms with Gasteiger partial charge in [0.15, 0.2) is 0 Å². The van der Waals surface area contributed by atoms with E-state index in [1.165, 1.54) is 0 Å². The Labute approximate surface area is 104 Å². The average molecular weight is 253 g/mol. The van der Waals surface area contributed by atoms with Gasteiger partial charge in [-0.25, -0.2) is 0 Å². The molecule has 2 rings (SSSR count). The van der Waals surface area contributed by atoms with Gasteiger partial charge in [0, 0.05) is 11.1 Å². The number of nitrogens with one attached hydrogen (secondary N) is 1. The molecule has 1 atom stereocenters. The summed E-state index contributed by atoms with van der Waals surface area (Å²) in [5, 5.41) is 6.22. The highest BCUT2D eigenvalue weighted by Crippen LogP contribution is 2.31. The number of hydrogen-bond acceptors (Lipinski definition) is 3. The van der Waals surface area contributed by atoms with Crippen molar-refractivity contribution in [3.63, 3.8) is 0 Å². The molecule has 2 heterocycles. The van der Waals surface area contributed by atoms with Crippen molar-refractivity contribution in [1.82, 2.24) is 10.3 Å². The summed E-state index contributed by atoms with van der Waals surface area (Å²) in [5.74, 6) is 0. The molecule has 0 bridgehead atoms. The zero-order valence-electron chi connectivity index (χ0n) is 8.98. The van der Waals surface area contributed by atoms with E-state index in [1.54, 1.807) is 17.5 Å². The highest BCUT2D eigenvalue weighted by molar-refractivity contribution is 7.10. The van der Waals surface area contributed by atoms with Crippen LogP contribution in [0.5, 0.6) is 0 Å². The minimum Gasteiger partial charge on any atom is -0.305 e. The molecule has 16 heavy (non-hydrogen) atoms. The van der Waals surface area contributed by atoms with Gasteiger partial charge in [-0.3, -0.25) is 4.98 Å². The van der Waals surface area contributed by atoms with Crippen molar-refractivity contribution < 1.29 is 0 Å². The molecule has 0 aromatic carbocycles. The van der Waals surface area contributed by atoms with Crippen LogP contribution < -0.4 is 5.32 Å². The van der Waals surface area contributed by atoms with Gasteiger partial charge in [0.1, 0.15) is 0 Å². The topological polar surface area (TPSA) is 24.9 Å². The molecule has 0 aliphatic carbocycles. The van der Waals surface area contributed by atoms with Crippen LogP contribution in [0, 0.1) is 0 Å². The summed E-state index contributed by atoms with van der Waals surface area (Å²) in [6, 6.07) is 7.95. The Kier molecular flexibility index (Phi) is 3.93. The lowest BCUT2D eigenvalue weighted by molar-refractivity contribution is 0.624. The zero-order valence-corrected chi connectivity index (χ0v) is 10.6. The summed E-state index contributed by atoms with van der Waals surface area (Å²) < 4.78 is 0. The largest absolute Gasteiger partial charge is 0.305 e. The Morgan fingerprint density at radius 3 is 2.88 bits per heavy atom. The van der Waals surface area contributed by atoms with Crippen LogP contribution in [-0.2, 0) is 0 Å². The molecular formula is C12H13ClN2S. The third-order valence-corrected chi connectivity index (χ3v) is 3.72. The van der Waals surface area contributed by atoms with Gasteiger partial charge < -0.3 is 5.32 Å². The molecule has 0 fully saturated rings. The van der Waals surface area contributed by atoms with Crippen LogP contribution in [-0.4, -0.2) is 11.5 Å². The highest BCUT2D eigenvalue weighted by Gasteiger charge is 2.17. The second-order valence-corrected chi connectivity index (χ2v) is 4.73. The number of hydrogen-bond donors (Lipinski definition) is 1. The van der Waals surface area contributed by atoms with Crippen LogP contribution in [0.2, 0.25) is 5.02 Å². The molecule has 2 nitrogen and oxygen atoms in total. The summed E-state index contributed by atoms with van der Waals surface area (Å²) in [4.78, 5) is 5.51. The molecule has 4 heteroatoms. The molecule has 0 aliphatic heterocycles. The second kappa shape index (κ2) is 5.43. The maximum Gasteiger partial charge on any atom is 0.0859 e. The fourth-order valence-corrected chi connectivity index (χ4v) is 2.85. The predicted molar refractivity (Wildman–Crippen MR) is 69.1 cm³/mol. The summed E-state index contributed by atoms with van der Waals surface area (Å²) in [6.45, 7) is 2.97. The average Bonchev–Trinajstić information content (AvgIpc) is 2.73. The number of rotatable bonds is 4. The molecule has 0 amide bonds.